The van der Waals surface area contributed by atoms with Crippen LogP contribution < -0.4 is 10.5 Å². The molecule has 0 bridgehead atoms. The topological polar surface area (TPSA) is 61.0 Å². The van der Waals surface area contributed by atoms with Crippen LogP contribution in [0.3, 0.4) is 0 Å². The van der Waals surface area contributed by atoms with Gasteiger partial charge in [-0.1, -0.05) is 42.5 Å². The van der Waals surface area contributed by atoms with Gasteiger partial charge in [-0.25, -0.2) is 9.97 Å². The van der Waals surface area contributed by atoms with Gasteiger partial charge >= 0.3 is 0 Å². The number of nitrogens with two attached hydrogens (primary N) is 1. The number of aromatic nitrogens is 2. The molecule has 0 saturated carbocycles. The Morgan fingerprint density at radius 1 is 0.947 bits per heavy atom. The minimum atomic E-state index is 0.308. The summed E-state index contributed by atoms with van der Waals surface area (Å²) in [7, 11) is 0. The minimum absolute atomic E-state index is 0.308. The third-order valence-corrected chi connectivity index (χ3v) is 2.94. The zero-order chi connectivity index (χ0) is 13.1. The Morgan fingerprint density at radius 2 is 1.74 bits per heavy atom. The monoisotopic (exact) mass is 251 g/mol. The number of fused-ring (bicyclic) bond motifs is 1. The van der Waals surface area contributed by atoms with E-state index in [2.05, 4.69) is 28.2 Å². The van der Waals surface area contributed by atoms with Crippen LogP contribution in [0.15, 0.2) is 54.9 Å². The van der Waals surface area contributed by atoms with Crippen molar-refractivity contribution >= 4 is 16.6 Å². The molecule has 3 aromatic rings. The Bertz CT molecular complexity index is 707. The standard InChI is InChI=1S/C15H13N3O/c16-14-15(18-9-8-17-14)19-10-12-6-3-5-11-4-1-2-7-13(11)12/h1-9H,10H2,(H2,16,17). The first kappa shape index (κ1) is 11.5. The maximum atomic E-state index is 5.70. The first-order chi connectivity index (χ1) is 9.34. The molecule has 0 aliphatic carbocycles. The highest BCUT2D eigenvalue weighted by Crippen LogP contribution is 2.21. The molecule has 0 fully saturated rings. The highest BCUT2D eigenvalue weighted by Gasteiger charge is 2.05. The van der Waals surface area contributed by atoms with Gasteiger partial charge in [-0.2, -0.15) is 0 Å². The number of nitrogen functional groups attached to an aromatic ring is 1. The van der Waals surface area contributed by atoms with Gasteiger partial charge in [0, 0.05) is 12.4 Å². The molecule has 3 rings (SSSR count). The molecule has 0 amide bonds. The van der Waals surface area contributed by atoms with Crippen molar-refractivity contribution in [2.75, 3.05) is 5.73 Å². The van der Waals surface area contributed by atoms with Gasteiger partial charge in [0.05, 0.1) is 0 Å². The molecule has 0 spiro atoms. The van der Waals surface area contributed by atoms with Gasteiger partial charge in [0.2, 0.25) is 0 Å². The average Bonchev–Trinajstić information content (AvgIpc) is 2.46. The van der Waals surface area contributed by atoms with E-state index in [1.54, 1.807) is 12.4 Å². The van der Waals surface area contributed by atoms with E-state index in [9.17, 15) is 0 Å². The van der Waals surface area contributed by atoms with Crippen molar-refractivity contribution in [2.45, 2.75) is 6.61 Å². The molecular weight excluding hydrogens is 238 g/mol. The van der Waals surface area contributed by atoms with Crippen molar-refractivity contribution in [2.24, 2.45) is 0 Å². The van der Waals surface area contributed by atoms with Crippen molar-refractivity contribution in [1.29, 1.82) is 0 Å². The Balaban J connectivity index is 1.88. The van der Waals surface area contributed by atoms with E-state index in [4.69, 9.17) is 10.5 Å². The SMILES string of the molecule is Nc1nccnc1OCc1cccc2ccccc12. The molecule has 4 heteroatoms. The quantitative estimate of drug-likeness (QED) is 0.777. The predicted octanol–water partition coefficient (Wildman–Crippen LogP) is 2.79. The Hall–Kier alpha value is -2.62. The van der Waals surface area contributed by atoms with Gasteiger partial charge in [0.1, 0.15) is 6.61 Å². The summed E-state index contributed by atoms with van der Waals surface area (Å²) in [4.78, 5) is 8.01. The lowest BCUT2D eigenvalue weighted by molar-refractivity contribution is 0.296. The van der Waals surface area contributed by atoms with Crippen LogP contribution in [0.25, 0.3) is 10.8 Å². The van der Waals surface area contributed by atoms with Gasteiger partial charge in [-0.05, 0) is 16.3 Å². The number of ether oxygens (including phenoxy) is 1. The molecule has 0 atom stereocenters. The molecule has 19 heavy (non-hydrogen) atoms. The number of hydrogen-bond donors (Lipinski definition) is 1. The lowest BCUT2D eigenvalue weighted by atomic mass is 10.1. The van der Waals surface area contributed by atoms with Crippen molar-refractivity contribution < 1.29 is 4.74 Å². The minimum Gasteiger partial charge on any atom is -0.470 e. The highest BCUT2D eigenvalue weighted by molar-refractivity contribution is 5.85. The lowest BCUT2D eigenvalue weighted by Gasteiger charge is -2.09. The van der Waals surface area contributed by atoms with E-state index in [1.807, 2.05) is 24.3 Å². The first-order valence-electron chi connectivity index (χ1n) is 6.00. The largest absolute Gasteiger partial charge is 0.470 e. The number of nitrogens with zero attached hydrogens (tertiary/aromatic N) is 2. The van der Waals surface area contributed by atoms with Crippen LogP contribution in [-0.2, 0) is 6.61 Å². The van der Waals surface area contributed by atoms with Crippen LogP contribution in [0.2, 0.25) is 0 Å². The average molecular weight is 251 g/mol. The summed E-state index contributed by atoms with van der Waals surface area (Å²) in [5.74, 6) is 0.679. The third kappa shape index (κ3) is 2.33. The second kappa shape index (κ2) is 4.94. The maximum absolute atomic E-state index is 5.70. The summed E-state index contributed by atoms with van der Waals surface area (Å²) in [5, 5.41) is 2.36. The summed E-state index contributed by atoms with van der Waals surface area (Å²) in [6.07, 6.45) is 3.11. The summed E-state index contributed by atoms with van der Waals surface area (Å²) in [6.45, 7) is 0.421. The van der Waals surface area contributed by atoms with E-state index in [1.165, 1.54) is 10.8 Å². The molecule has 0 saturated heterocycles. The molecular formula is C15H13N3O. The highest BCUT2D eigenvalue weighted by atomic mass is 16.5. The van der Waals surface area contributed by atoms with Crippen LogP contribution in [0.4, 0.5) is 5.82 Å². The normalized spacial score (nSPS) is 10.5. The fraction of sp³-hybridized carbons (Fsp3) is 0.0667. The molecule has 1 heterocycles. The third-order valence-electron chi connectivity index (χ3n) is 2.94. The van der Waals surface area contributed by atoms with Crippen LogP contribution in [-0.4, -0.2) is 9.97 Å². The van der Waals surface area contributed by atoms with Gasteiger partial charge < -0.3 is 10.5 Å². The predicted molar refractivity (Wildman–Crippen MR) is 74.7 cm³/mol. The van der Waals surface area contributed by atoms with E-state index in [0.29, 0.717) is 18.3 Å². The van der Waals surface area contributed by atoms with Crippen molar-refractivity contribution in [3.05, 3.63) is 60.4 Å². The fourth-order valence-corrected chi connectivity index (χ4v) is 2.01. The Labute approximate surface area is 110 Å². The number of anilines is 1. The summed E-state index contributed by atoms with van der Waals surface area (Å²) >= 11 is 0. The molecule has 2 aromatic carbocycles. The summed E-state index contributed by atoms with van der Waals surface area (Å²) in [5.41, 5.74) is 6.80. The lowest BCUT2D eigenvalue weighted by Crippen LogP contribution is -2.02. The number of benzene rings is 2. The van der Waals surface area contributed by atoms with Gasteiger partial charge in [-0.3, -0.25) is 0 Å². The van der Waals surface area contributed by atoms with Crippen molar-refractivity contribution in [3.63, 3.8) is 0 Å². The maximum Gasteiger partial charge on any atom is 0.257 e. The zero-order valence-corrected chi connectivity index (χ0v) is 10.3. The zero-order valence-electron chi connectivity index (χ0n) is 10.3. The molecule has 0 aliphatic rings. The van der Waals surface area contributed by atoms with E-state index < -0.39 is 0 Å². The summed E-state index contributed by atoms with van der Waals surface area (Å²) < 4.78 is 5.63. The van der Waals surface area contributed by atoms with E-state index in [-0.39, 0.29) is 0 Å². The van der Waals surface area contributed by atoms with Gasteiger partial charge in [0.15, 0.2) is 5.82 Å². The van der Waals surface area contributed by atoms with Gasteiger partial charge in [-0.15, -0.1) is 0 Å². The van der Waals surface area contributed by atoms with E-state index >= 15 is 0 Å². The molecule has 4 nitrogen and oxygen atoms in total. The van der Waals surface area contributed by atoms with Gasteiger partial charge in [0.25, 0.3) is 5.88 Å². The molecule has 1 aromatic heterocycles. The molecule has 2 N–H and O–H groups in total. The van der Waals surface area contributed by atoms with E-state index in [0.717, 1.165) is 5.56 Å². The number of hydrogen-bond acceptors (Lipinski definition) is 4. The van der Waals surface area contributed by atoms with Crippen LogP contribution in [0.1, 0.15) is 5.56 Å². The Morgan fingerprint density at radius 3 is 2.63 bits per heavy atom. The van der Waals surface area contributed by atoms with Crippen molar-refractivity contribution in [3.8, 4) is 5.88 Å². The molecule has 0 unspecified atom stereocenters. The second-order valence-corrected chi connectivity index (χ2v) is 4.17. The second-order valence-electron chi connectivity index (χ2n) is 4.17. The van der Waals surface area contributed by atoms with Crippen LogP contribution in [0, 0.1) is 0 Å². The van der Waals surface area contributed by atoms with Crippen LogP contribution in [0.5, 0.6) is 5.88 Å². The molecule has 0 radical (unpaired) electrons. The van der Waals surface area contributed by atoms with Crippen LogP contribution >= 0.6 is 0 Å². The summed E-state index contributed by atoms with van der Waals surface area (Å²) in [6, 6.07) is 14.3. The van der Waals surface area contributed by atoms with Crippen molar-refractivity contribution in [1.82, 2.24) is 9.97 Å². The molecule has 94 valence electrons. The Kier molecular flexibility index (Phi) is 2.98. The fourth-order valence-electron chi connectivity index (χ4n) is 2.01. The first-order valence-corrected chi connectivity index (χ1v) is 6.00. The smallest absolute Gasteiger partial charge is 0.257 e. The molecule has 0 aliphatic heterocycles. The number of rotatable bonds is 3.